The smallest absolute Gasteiger partial charge is 0.216 e. The molecule has 7 nitrogen and oxygen atoms in total. The fourth-order valence-corrected chi connectivity index (χ4v) is 4.51. The van der Waals surface area contributed by atoms with Crippen LogP contribution in [0.4, 0.5) is 0 Å². The van der Waals surface area contributed by atoms with Crippen LogP contribution in [0, 0.1) is 0 Å². The van der Waals surface area contributed by atoms with E-state index < -0.39 is 10.0 Å². The SMILES string of the molecule is CCNC(=NCc1ccc(CS(=O)(=O)NC(C)C)cc1)N(C)Cc1ccc(OC)cc1. The fourth-order valence-electron chi connectivity index (χ4n) is 3.08. The van der Waals surface area contributed by atoms with Gasteiger partial charge in [-0.05, 0) is 49.6 Å². The molecule has 2 aromatic carbocycles. The maximum Gasteiger partial charge on any atom is 0.216 e. The van der Waals surface area contributed by atoms with E-state index in [1.165, 1.54) is 0 Å². The standard InChI is InChI=1S/C23H34N4O3S/c1-6-24-23(27(4)16-20-11-13-22(30-5)14-12-20)25-15-19-7-9-21(10-8-19)17-31(28,29)26-18(2)3/h7-14,18,26H,6,15-17H2,1-5H3,(H,24,25). The molecule has 0 spiro atoms. The predicted molar refractivity (Wildman–Crippen MR) is 127 cm³/mol. The summed E-state index contributed by atoms with van der Waals surface area (Å²) < 4.78 is 32.0. The van der Waals surface area contributed by atoms with E-state index in [4.69, 9.17) is 9.73 Å². The summed E-state index contributed by atoms with van der Waals surface area (Å²) in [6.07, 6.45) is 0. The topological polar surface area (TPSA) is 83.0 Å². The van der Waals surface area contributed by atoms with Crippen molar-refractivity contribution in [2.75, 3.05) is 20.7 Å². The summed E-state index contributed by atoms with van der Waals surface area (Å²) in [6.45, 7) is 7.66. The monoisotopic (exact) mass is 446 g/mol. The van der Waals surface area contributed by atoms with Crippen molar-refractivity contribution in [2.24, 2.45) is 4.99 Å². The Morgan fingerprint density at radius 3 is 2.16 bits per heavy atom. The van der Waals surface area contributed by atoms with Crippen LogP contribution in [0.25, 0.3) is 0 Å². The summed E-state index contributed by atoms with van der Waals surface area (Å²) in [6, 6.07) is 15.4. The zero-order chi connectivity index (χ0) is 22.9. The van der Waals surface area contributed by atoms with Gasteiger partial charge in [0, 0.05) is 26.2 Å². The van der Waals surface area contributed by atoms with E-state index in [1.807, 2.05) is 76.3 Å². The number of rotatable bonds is 10. The highest BCUT2D eigenvalue weighted by molar-refractivity contribution is 7.88. The molecule has 0 heterocycles. The number of aliphatic imine (C=N–C) groups is 1. The van der Waals surface area contributed by atoms with Gasteiger partial charge in [-0.2, -0.15) is 0 Å². The number of hydrogen-bond donors (Lipinski definition) is 2. The molecule has 0 aliphatic carbocycles. The molecule has 0 saturated carbocycles. The van der Waals surface area contributed by atoms with E-state index in [9.17, 15) is 8.42 Å². The van der Waals surface area contributed by atoms with Crippen LogP contribution in [0.3, 0.4) is 0 Å². The third kappa shape index (κ3) is 8.59. The van der Waals surface area contributed by atoms with Gasteiger partial charge in [-0.15, -0.1) is 0 Å². The van der Waals surface area contributed by atoms with Crippen molar-refractivity contribution in [3.05, 3.63) is 65.2 Å². The average molecular weight is 447 g/mol. The van der Waals surface area contributed by atoms with Crippen LogP contribution in [-0.2, 0) is 28.9 Å². The first kappa shape index (κ1) is 24.7. The van der Waals surface area contributed by atoms with Gasteiger partial charge in [0.15, 0.2) is 5.96 Å². The molecule has 8 heteroatoms. The van der Waals surface area contributed by atoms with Gasteiger partial charge in [-0.1, -0.05) is 36.4 Å². The highest BCUT2D eigenvalue weighted by atomic mass is 32.2. The molecule has 0 aliphatic rings. The summed E-state index contributed by atoms with van der Waals surface area (Å²) in [5.41, 5.74) is 2.94. The molecule has 0 fully saturated rings. The second kappa shape index (κ2) is 11.7. The Hall–Kier alpha value is -2.58. The molecule has 0 unspecified atom stereocenters. The minimum absolute atomic E-state index is 0.0258. The average Bonchev–Trinajstić information content (AvgIpc) is 2.71. The number of benzene rings is 2. The highest BCUT2D eigenvalue weighted by Gasteiger charge is 2.13. The van der Waals surface area contributed by atoms with Crippen LogP contribution in [0.1, 0.15) is 37.5 Å². The van der Waals surface area contributed by atoms with Crippen LogP contribution in [0.5, 0.6) is 5.75 Å². The fraction of sp³-hybridized carbons (Fsp3) is 0.435. The van der Waals surface area contributed by atoms with Gasteiger partial charge in [-0.3, -0.25) is 0 Å². The van der Waals surface area contributed by atoms with Gasteiger partial charge in [0.1, 0.15) is 5.75 Å². The molecule has 2 rings (SSSR count). The summed E-state index contributed by atoms with van der Waals surface area (Å²) in [5, 5.41) is 3.32. The Kier molecular flexibility index (Phi) is 9.33. The Morgan fingerprint density at radius 2 is 1.61 bits per heavy atom. The minimum atomic E-state index is -3.33. The van der Waals surface area contributed by atoms with Crippen LogP contribution < -0.4 is 14.8 Å². The van der Waals surface area contributed by atoms with Crippen molar-refractivity contribution in [3.63, 3.8) is 0 Å². The first-order chi connectivity index (χ1) is 14.7. The van der Waals surface area contributed by atoms with Crippen molar-refractivity contribution < 1.29 is 13.2 Å². The Labute approximate surface area is 186 Å². The molecule has 2 N–H and O–H groups in total. The lowest BCUT2D eigenvalue weighted by Crippen LogP contribution is -2.38. The van der Waals surface area contributed by atoms with Gasteiger partial charge in [0.2, 0.25) is 10.0 Å². The molecular formula is C23H34N4O3S. The van der Waals surface area contributed by atoms with Crippen LogP contribution >= 0.6 is 0 Å². The lowest BCUT2D eigenvalue weighted by Gasteiger charge is -2.22. The van der Waals surface area contributed by atoms with Crippen molar-refractivity contribution in [1.82, 2.24) is 14.9 Å². The summed E-state index contributed by atoms with van der Waals surface area (Å²) >= 11 is 0. The van der Waals surface area contributed by atoms with Crippen LogP contribution in [0.15, 0.2) is 53.5 Å². The second-order valence-corrected chi connectivity index (χ2v) is 9.48. The zero-order valence-electron chi connectivity index (χ0n) is 19.1. The van der Waals surface area contributed by atoms with E-state index >= 15 is 0 Å². The lowest BCUT2D eigenvalue weighted by molar-refractivity contribution is 0.414. The molecule has 0 atom stereocenters. The quantitative estimate of drug-likeness (QED) is 0.433. The number of sulfonamides is 1. The van der Waals surface area contributed by atoms with E-state index in [-0.39, 0.29) is 11.8 Å². The van der Waals surface area contributed by atoms with E-state index in [0.717, 1.165) is 41.5 Å². The van der Waals surface area contributed by atoms with Crippen LogP contribution in [-0.4, -0.2) is 46.0 Å². The van der Waals surface area contributed by atoms with E-state index in [1.54, 1.807) is 7.11 Å². The first-order valence-corrected chi connectivity index (χ1v) is 12.1. The molecule has 0 bridgehead atoms. The first-order valence-electron chi connectivity index (χ1n) is 10.4. The van der Waals surface area contributed by atoms with Crippen molar-refractivity contribution in [1.29, 1.82) is 0 Å². The van der Waals surface area contributed by atoms with Gasteiger partial charge in [-0.25, -0.2) is 18.1 Å². The molecular weight excluding hydrogens is 412 g/mol. The molecule has 0 saturated heterocycles. The summed E-state index contributed by atoms with van der Waals surface area (Å²) in [5.74, 6) is 1.62. The minimum Gasteiger partial charge on any atom is -0.497 e. The molecule has 170 valence electrons. The van der Waals surface area contributed by atoms with Gasteiger partial charge in [0.05, 0.1) is 19.4 Å². The molecule has 2 aromatic rings. The van der Waals surface area contributed by atoms with Crippen LogP contribution in [0.2, 0.25) is 0 Å². The largest absolute Gasteiger partial charge is 0.497 e. The maximum atomic E-state index is 12.1. The third-order valence-electron chi connectivity index (χ3n) is 4.48. The van der Waals surface area contributed by atoms with E-state index in [0.29, 0.717) is 6.54 Å². The number of ether oxygens (including phenoxy) is 1. The Morgan fingerprint density at radius 1 is 1.03 bits per heavy atom. The van der Waals surface area contributed by atoms with Crippen molar-refractivity contribution in [3.8, 4) is 5.75 Å². The Bertz CT molecular complexity index is 940. The second-order valence-electron chi connectivity index (χ2n) is 7.72. The number of hydrogen-bond acceptors (Lipinski definition) is 4. The van der Waals surface area contributed by atoms with E-state index in [2.05, 4.69) is 14.9 Å². The van der Waals surface area contributed by atoms with Gasteiger partial charge >= 0.3 is 0 Å². The zero-order valence-corrected chi connectivity index (χ0v) is 19.9. The number of methoxy groups -OCH3 is 1. The predicted octanol–water partition coefficient (Wildman–Crippen LogP) is 3.12. The molecule has 0 radical (unpaired) electrons. The molecule has 31 heavy (non-hydrogen) atoms. The summed E-state index contributed by atoms with van der Waals surface area (Å²) in [4.78, 5) is 6.81. The third-order valence-corrected chi connectivity index (χ3v) is 6.03. The number of guanidine groups is 1. The van der Waals surface area contributed by atoms with Gasteiger partial charge < -0.3 is 15.0 Å². The molecule has 0 amide bonds. The number of nitrogens with one attached hydrogen (secondary N) is 2. The maximum absolute atomic E-state index is 12.1. The normalized spacial score (nSPS) is 12.1. The Balaban J connectivity index is 2.02. The molecule has 0 aromatic heterocycles. The lowest BCUT2D eigenvalue weighted by atomic mass is 10.1. The van der Waals surface area contributed by atoms with Gasteiger partial charge in [0.25, 0.3) is 0 Å². The number of nitrogens with zero attached hydrogens (tertiary/aromatic N) is 2. The molecule has 0 aliphatic heterocycles. The summed E-state index contributed by atoms with van der Waals surface area (Å²) in [7, 11) is 0.332. The highest BCUT2D eigenvalue weighted by Crippen LogP contribution is 2.13. The van der Waals surface area contributed by atoms with Crippen molar-refractivity contribution >= 4 is 16.0 Å². The van der Waals surface area contributed by atoms with Crippen molar-refractivity contribution in [2.45, 2.75) is 45.7 Å².